The first-order chi connectivity index (χ1) is 13.6. The molecule has 0 radical (unpaired) electrons. The molecular weight excluding hydrogens is 359 g/mol. The van der Waals surface area contributed by atoms with E-state index in [2.05, 4.69) is 10.3 Å². The van der Waals surface area contributed by atoms with E-state index in [0.29, 0.717) is 25.4 Å². The summed E-state index contributed by atoms with van der Waals surface area (Å²) in [6.07, 6.45) is 4.05. The van der Waals surface area contributed by atoms with Crippen molar-refractivity contribution >= 4 is 5.91 Å². The number of nitrogens with zero attached hydrogens (tertiary/aromatic N) is 3. The van der Waals surface area contributed by atoms with Crippen molar-refractivity contribution in [3.05, 3.63) is 53.4 Å². The van der Waals surface area contributed by atoms with Gasteiger partial charge in [0.05, 0.1) is 5.69 Å². The predicted octanol–water partition coefficient (Wildman–Crippen LogP) is 2.43. The van der Waals surface area contributed by atoms with E-state index in [4.69, 9.17) is 9.72 Å². The molecule has 0 unspecified atom stereocenters. The summed E-state index contributed by atoms with van der Waals surface area (Å²) < 4.78 is 19.3. The number of amides is 1. The molecular formula is C21H25FN4O2. The quantitative estimate of drug-likeness (QED) is 0.877. The lowest BCUT2D eigenvalue weighted by Crippen LogP contribution is -2.43. The molecule has 1 aromatic heterocycles. The standard InChI is InChI=1S/C21H25FN4O2/c1-14(28-19-7-3-2-6-17(19)22)21(27)26-10-8-18-16(13-26)12-24-20(25-18)15-5-4-9-23-11-15/h2-3,6-7,12,14-15,23H,4-5,8-11,13H2,1H3/t14-,15+/m1/s1. The molecule has 4 rings (SSSR count). The number of halogens is 1. The van der Waals surface area contributed by atoms with Gasteiger partial charge in [0.1, 0.15) is 5.82 Å². The second kappa shape index (κ2) is 8.22. The number of rotatable bonds is 4. The summed E-state index contributed by atoms with van der Waals surface area (Å²) >= 11 is 0. The van der Waals surface area contributed by atoms with Crippen LogP contribution in [0.15, 0.2) is 30.5 Å². The van der Waals surface area contributed by atoms with Gasteiger partial charge in [0.2, 0.25) is 0 Å². The third-order valence-electron chi connectivity index (χ3n) is 5.41. The summed E-state index contributed by atoms with van der Waals surface area (Å²) in [7, 11) is 0. The largest absolute Gasteiger partial charge is 0.478 e. The van der Waals surface area contributed by atoms with Crippen LogP contribution in [0.2, 0.25) is 0 Å². The molecule has 28 heavy (non-hydrogen) atoms. The first-order valence-corrected chi connectivity index (χ1v) is 9.87. The van der Waals surface area contributed by atoms with Gasteiger partial charge in [-0.1, -0.05) is 12.1 Å². The summed E-state index contributed by atoms with van der Waals surface area (Å²) in [6, 6.07) is 6.12. The summed E-state index contributed by atoms with van der Waals surface area (Å²) in [5.41, 5.74) is 2.01. The second-order valence-electron chi connectivity index (χ2n) is 7.44. The molecule has 6 nitrogen and oxygen atoms in total. The SMILES string of the molecule is C[C@@H](Oc1ccccc1F)C(=O)N1CCc2nc([C@H]3CCCNC3)ncc2C1. The molecule has 1 aromatic carbocycles. The Kier molecular flexibility index (Phi) is 5.52. The van der Waals surface area contributed by atoms with E-state index in [-0.39, 0.29) is 11.7 Å². The molecule has 2 aliphatic heterocycles. The van der Waals surface area contributed by atoms with E-state index in [1.54, 1.807) is 24.0 Å². The average Bonchev–Trinajstić information content (AvgIpc) is 2.74. The van der Waals surface area contributed by atoms with Gasteiger partial charge in [0.15, 0.2) is 17.7 Å². The average molecular weight is 384 g/mol. The van der Waals surface area contributed by atoms with Crippen LogP contribution in [0, 0.1) is 5.82 Å². The van der Waals surface area contributed by atoms with E-state index < -0.39 is 11.9 Å². The van der Waals surface area contributed by atoms with E-state index in [0.717, 1.165) is 43.0 Å². The van der Waals surface area contributed by atoms with Crippen molar-refractivity contribution in [2.75, 3.05) is 19.6 Å². The van der Waals surface area contributed by atoms with Crippen LogP contribution in [0.4, 0.5) is 4.39 Å². The van der Waals surface area contributed by atoms with Crippen LogP contribution >= 0.6 is 0 Å². The number of fused-ring (bicyclic) bond motifs is 1. The molecule has 148 valence electrons. The molecule has 0 bridgehead atoms. The molecule has 0 aliphatic carbocycles. The third-order valence-corrected chi connectivity index (χ3v) is 5.41. The van der Waals surface area contributed by atoms with Crippen molar-refractivity contribution in [3.63, 3.8) is 0 Å². The van der Waals surface area contributed by atoms with E-state index in [1.807, 2.05) is 6.20 Å². The number of hydrogen-bond donors (Lipinski definition) is 1. The zero-order valence-electron chi connectivity index (χ0n) is 16.0. The molecule has 1 amide bonds. The lowest BCUT2D eigenvalue weighted by molar-refractivity contribution is -0.139. The molecule has 0 spiro atoms. The Labute approximate surface area is 164 Å². The van der Waals surface area contributed by atoms with Crippen LogP contribution in [-0.4, -0.2) is 46.5 Å². The summed E-state index contributed by atoms with van der Waals surface area (Å²) in [6.45, 7) is 4.68. The molecule has 2 aliphatic rings. The highest BCUT2D eigenvalue weighted by molar-refractivity contribution is 5.81. The van der Waals surface area contributed by atoms with Gasteiger partial charge in [0, 0.05) is 43.7 Å². The third kappa shape index (κ3) is 3.99. The highest BCUT2D eigenvalue weighted by atomic mass is 19.1. The molecule has 3 heterocycles. The topological polar surface area (TPSA) is 67.3 Å². The number of aromatic nitrogens is 2. The number of ether oxygens (including phenoxy) is 1. The lowest BCUT2D eigenvalue weighted by Gasteiger charge is -2.31. The highest BCUT2D eigenvalue weighted by Crippen LogP contribution is 2.24. The monoisotopic (exact) mass is 384 g/mol. The van der Waals surface area contributed by atoms with Gasteiger partial charge in [-0.05, 0) is 38.4 Å². The Morgan fingerprint density at radius 2 is 2.25 bits per heavy atom. The van der Waals surface area contributed by atoms with Crippen LogP contribution in [0.25, 0.3) is 0 Å². The molecule has 0 saturated carbocycles. The van der Waals surface area contributed by atoms with Gasteiger partial charge < -0.3 is 15.0 Å². The Morgan fingerprint density at radius 3 is 3.04 bits per heavy atom. The van der Waals surface area contributed by atoms with Gasteiger partial charge in [-0.25, -0.2) is 14.4 Å². The molecule has 1 fully saturated rings. The van der Waals surface area contributed by atoms with E-state index >= 15 is 0 Å². The van der Waals surface area contributed by atoms with Crippen LogP contribution in [0.3, 0.4) is 0 Å². The minimum Gasteiger partial charge on any atom is -0.478 e. The smallest absolute Gasteiger partial charge is 0.263 e. The lowest BCUT2D eigenvalue weighted by atomic mass is 9.98. The van der Waals surface area contributed by atoms with Crippen molar-refractivity contribution in [2.24, 2.45) is 0 Å². The molecule has 2 aromatic rings. The number of carbonyl (C=O) groups is 1. The summed E-state index contributed by atoms with van der Waals surface area (Å²) in [4.78, 5) is 23.9. The normalized spacial score (nSPS) is 20.4. The van der Waals surface area contributed by atoms with Crippen LogP contribution < -0.4 is 10.1 Å². The minimum absolute atomic E-state index is 0.0924. The fourth-order valence-electron chi connectivity index (χ4n) is 3.83. The molecule has 1 N–H and O–H groups in total. The number of carbonyl (C=O) groups excluding carboxylic acids is 1. The predicted molar refractivity (Wildman–Crippen MR) is 102 cm³/mol. The van der Waals surface area contributed by atoms with E-state index in [9.17, 15) is 9.18 Å². The van der Waals surface area contributed by atoms with Gasteiger partial charge in [-0.15, -0.1) is 0 Å². The molecule has 7 heteroatoms. The zero-order valence-corrected chi connectivity index (χ0v) is 16.0. The molecule has 1 saturated heterocycles. The fraction of sp³-hybridized carbons (Fsp3) is 0.476. The fourth-order valence-corrected chi connectivity index (χ4v) is 3.83. The first-order valence-electron chi connectivity index (χ1n) is 9.87. The number of para-hydroxylation sites is 1. The minimum atomic E-state index is -0.757. The maximum absolute atomic E-state index is 13.8. The number of nitrogens with one attached hydrogen (secondary N) is 1. The Morgan fingerprint density at radius 1 is 1.39 bits per heavy atom. The van der Waals surface area contributed by atoms with Gasteiger partial charge in [0.25, 0.3) is 5.91 Å². The highest BCUT2D eigenvalue weighted by Gasteiger charge is 2.28. The van der Waals surface area contributed by atoms with Crippen molar-refractivity contribution in [1.29, 1.82) is 0 Å². The van der Waals surface area contributed by atoms with Crippen LogP contribution in [-0.2, 0) is 17.8 Å². The number of piperidine rings is 1. The Balaban J connectivity index is 1.41. The maximum atomic E-state index is 13.8. The zero-order chi connectivity index (χ0) is 19.5. The van der Waals surface area contributed by atoms with E-state index in [1.165, 1.54) is 12.1 Å². The molecule has 2 atom stereocenters. The summed E-state index contributed by atoms with van der Waals surface area (Å²) in [5.74, 6) is 0.739. The number of benzene rings is 1. The first kappa shape index (κ1) is 18.8. The Hall–Kier alpha value is -2.54. The van der Waals surface area contributed by atoms with Crippen molar-refractivity contribution in [2.45, 2.75) is 44.8 Å². The number of hydrogen-bond acceptors (Lipinski definition) is 5. The van der Waals surface area contributed by atoms with Crippen LogP contribution in [0.1, 0.15) is 42.8 Å². The van der Waals surface area contributed by atoms with Crippen molar-refractivity contribution in [3.8, 4) is 5.75 Å². The van der Waals surface area contributed by atoms with Crippen molar-refractivity contribution in [1.82, 2.24) is 20.2 Å². The van der Waals surface area contributed by atoms with Crippen LogP contribution in [0.5, 0.6) is 5.75 Å². The second-order valence-corrected chi connectivity index (χ2v) is 7.44. The van der Waals surface area contributed by atoms with Gasteiger partial charge >= 0.3 is 0 Å². The maximum Gasteiger partial charge on any atom is 0.263 e. The van der Waals surface area contributed by atoms with Crippen molar-refractivity contribution < 1.29 is 13.9 Å². The van der Waals surface area contributed by atoms with Gasteiger partial charge in [-0.2, -0.15) is 0 Å². The van der Waals surface area contributed by atoms with Gasteiger partial charge in [-0.3, -0.25) is 4.79 Å². The summed E-state index contributed by atoms with van der Waals surface area (Å²) in [5, 5.41) is 3.40. The Bertz CT molecular complexity index is 854.